The molecule has 0 radical (unpaired) electrons. The van der Waals surface area contributed by atoms with Gasteiger partial charge in [0.25, 0.3) is 5.91 Å². The van der Waals surface area contributed by atoms with Gasteiger partial charge in [-0.05, 0) is 51.9 Å². The first-order chi connectivity index (χ1) is 17.3. The van der Waals surface area contributed by atoms with Gasteiger partial charge < -0.3 is 26.0 Å². The van der Waals surface area contributed by atoms with Crippen LogP contribution >= 0.6 is 11.3 Å². The molecule has 2 aromatic rings. The fraction of sp³-hybridized carbons (Fsp3) is 0.458. The summed E-state index contributed by atoms with van der Waals surface area (Å²) in [6, 6.07) is 3.08. The Balaban J connectivity index is 1.92. The number of urea groups is 1. The normalized spacial score (nSPS) is 25.5. The molecule has 2 aliphatic rings. The molecule has 4 rings (SSSR count). The number of allylic oxidation sites excluding steroid dienone is 1. The number of benzene rings is 1. The lowest BCUT2D eigenvalue weighted by Gasteiger charge is -2.52. The van der Waals surface area contributed by atoms with Crippen LogP contribution < -0.4 is 26.2 Å². The summed E-state index contributed by atoms with van der Waals surface area (Å²) in [5, 5.41) is 22.1. The molecule has 0 bridgehead atoms. The first-order valence-electron chi connectivity index (χ1n) is 11.9. The summed E-state index contributed by atoms with van der Waals surface area (Å²) in [5.74, 6) is -3.36. The van der Waals surface area contributed by atoms with Crippen LogP contribution in [0.1, 0.15) is 37.6 Å². The summed E-state index contributed by atoms with van der Waals surface area (Å²) in [6.45, 7) is 7.01. The minimum absolute atomic E-state index is 0.241. The molecule has 11 nitrogen and oxygen atoms in total. The van der Waals surface area contributed by atoms with Crippen LogP contribution in [0.3, 0.4) is 0 Å². The number of aromatic nitrogens is 1. The second-order valence-corrected chi connectivity index (χ2v) is 9.84. The number of piperidine rings is 1. The number of thiazole rings is 1. The maximum Gasteiger partial charge on any atom is 0.318 e. The van der Waals surface area contributed by atoms with Crippen LogP contribution in [0, 0.1) is 11.3 Å². The zero-order valence-corrected chi connectivity index (χ0v) is 21.3. The second kappa shape index (κ2) is 10.2. The number of hydrogen-bond acceptors (Lipinski definition) is 8. The molecular formula is C24H31N7O4S. The molecule has 0 saturated carbocycles. The van der Waals surface area contributed by atoms with Gasteiger partial charge in [-0.1, -0.05) is 0 Å². The molecular weight excluding hydrogens is 482 g/mol. The van der Waals surface area contributed by atoms with E-state index in [1.807, 2.05) is 13.0 Å². The van der Waals surface area contributed by atoms with Crippen molar-refractivity contribution in [3.05, 3.63) is 35.5 Å². The van der Waals surface area contributed by atoms with E-state index in [4.69, 9.17) is 4.99 Å². The molecule has 0 spiro atoms. The number of nitrogens with zero attached hydrogens (tertiary/aromatic N) is 3. The fourth-order valence-corrected chi connectivity index (χ4v) is 5.69. The zero-order chi connectivity index (χ0) is 25.9. The predicted molar refractivity (Wildman–Crippen MR) is 139 cm³/mol. The van der Waals surface area contributed by atoms with E-state index < -0.39 is 29.1 Å². The van der Waals surface area contributed by atoms with Crippen molar-refractivity contribution < 1.29 is 19.5 Å². The summed E-state index contributed by atoms with van der Waals surface area (Å²) in [5.41, 5.74) is 2.10. The highest BCUT2D eigenvalue weighted by atomic mass is 32.1. The summed E-state index contributed by atoms with van der Waals surface area (Å²) in [6.07, 6.45) is 5.37. The van der Waals surface area contributed by atoms with E-state index in [0.717, 1.165) is 4.70 Å². The number of carboxylic acids is 1. The Bertz CT molecular complexity index is 1230. The first-order valence-corrected chi connectivity index (χ1v) is 12.8. The Morgan fingerprint density at radius 3 is 2.75 bits per heavy atom. The van der Waals surface area contributed by atoms with Crippen LogP contribution in [-0.2, 0) is 4.79 Å². The van der Waals surface area contributed by atoms with E-state index in [-0.39, 0.29) is 5.91 Å². The van der Waals surface area contributed by atoms with E-state index in [1.165, 1.54) is 11.3 Å². The van der Waals surface area contributed by atoms with E-state index in [2.05, 4.69) is 26.3 Å². The summed E-state index contributed by atoms with van der Waals surface area (Å²) >= 11 is 1.37. The molecule has 36 heavy (non-hydrogen) atoms. The Morgan fingerprint density at radius 2 is 2.03 bits per heavy atom. The van der Waals surface area contributed by atoms with Gasteiger partial charge in [0.05, 0.1) is 32.6 Å². The Labute approximate surface area is 213 Å². The van der Waals surface area contributed by atoms with Crippen LogP contribution in [0.4, 0.5) is 10.5 Å². The van der Waals surface area contributed by atoms with Crippen molar-refractivity contribution >= 4 is 51.4 Å². The Kier molecular flexibility index (Phi) is 7.27. The monoisotopic (exact) mass is 513 g/mol. The molecule has 1 aromatic heterocycles. The summed E-state index contributed by atoms with van der Waals surface area (Å²) in [7, 11) is 0. The SMILES string of the molecule is CCNC(=O)NC1(C2CNCCC2(C)C(=O)O)N=CC=CN1c1cc(C(=O)NCC)c2scnc2c1. The van der Waals surface area contributed by atoms with Crippen molar-refractivity contribution in [2.45, 2.75) is 33.0 Å². The lowest BCUT2D eigenvalue weighted by Crippen LogP contribution is -2.71. The van der Waals surface area contributed by atoms with Gasteiger partial charge in [0.15, 0.2) is 0 Å². The summed E-state index contributed by atoms with van der Waals surface area (Å²) < 4.78 is 0.742. The Hall–Kier alpha value is -3.51. The average Bonchev–Trinajstić information content (AvgIpc) is 3.33. The first kappa shape index (κ1) is 25.6. The van der Waals surface area contributed by atoms with E-state index >= 15 is 0 Å². The molecule has 0 aliphatic carbocycles. The molecule has 12 heteroatoms. The smallest absolute Gasteiger partial charge is 0.318 e. The second-order valence-electron chi connectivity index (χ2n) is 8.98. The van der Waals surface area contributed by atoms with Crippen molar-refractivity contribution in [3.8, 4) is 0 Å². The molecule has 1 aromatic carbocycles. The highest BCUT2D eigenvalue weighted by Crippen LogP contribution is 2.45. The third kappa shape index (κ3) is 4.42. The zero-order valence-electron chi connectivity index (χ0n) is 20.5. The fourth-order valence-electron chi connectivity index (χ4n) is 4.90. The number of nitrogens with one attached hydrogen (secondary N) is 4. The maximum absolute atomic E-state index is 13.0. The number of fused-ring (bicyclic) bond motifs is 1. The van der Waals surface area contributed by atoms with Gasteiger partial charge in [-0.3, -0.25) is 14.9 Å². The number of amides is 3. The van der Waals surface area contributed by atoms with Crippen LogP contribution in [0.5, 0.6) is 0 Å². The van der Waals surface area contributed by atoms with Crippen LogP contribution in [0.25, 0.3) is 10.2 Å². The van der Waals surface area contributed by atoms with Crippen LogP contribution in [-0.4, -0.2) is 66.2 Å². The number of aliphatic carboxylic acids is 1. The maximum atomic E-state index is 13.0. The van der Waals surface area contributed by atoms with Gasteiger partial charge >= 0.3 is 12.0 Å². The van der Waals surface area contributed by atoms with Crippen molar-refractivity contribution in [1.82, 2.24) is 26.3 Å². The lowest BCUT2D eigenvalue weighted by molar-refractivity contribution is -0.155. The summed E-state index contributed by atoms with van der Waals surface area (Å²) in [4.78, 5) is 49.4. The molecule has 3 atom stereocenters. The van der Waals surface area contributed by atoms with Crippen molar-refractivity contribution in [3.63, 3.8) is 0 Å². The number of hydrogen-bond donors (Lipinski definition) is 5. The van der Waals surface area contributed by atoms with Gasteiger partial charge in [-0.15, -0.1) is 11.3 Å². The minimum Gasteiger partial charge on any atom is -0.481 e. The van der Waals surface area contributed by atoms with Crippen LogP contribution in [0.2, 0.25) is 0 Å². The molecule has 3 amide bonds. The number of carbonyl (C=O) groups excluding carboxylic acids is 2. The molecule has 192 valence electrons. The topological polar surface area (TPSA) is 148 Å². The van der Waals surface area contributed by atoms with E-state index in [0.29, 0.717) is 49.4 Å². The van der Waals surface area contributed by atoms with Crippen molar-refractivity contribution in [1.29, 1.82) is 0 Å². The number of aliphatic imine (C=N–C) groups is 1. The van der Waals surface area contributed by atoms with Gasteiger partial charge in [0, 0.05) is 37.7 Å². The number of carbonyl (C=O) groups is 3. The molecule has 3 unspecified atom stereocenters. The number of carboxylic acid groups (broad SMARTS) is 1. The van der Waals surface area contributed by atoms with Crippen molar-refractivity contribution in [2.75, 3.05) is 31.1 Å². The quantitative estimate of drug-likeness (QED) is 0.381. The van der Waals surface area contributed by atoms with Crippen LogP contribution in [0.15, 0.2) is 34.9 Å². The third-order valence-corrected chi connectivity index (χ3v) is 7.66. The highest BCUT2D eigenvalue weighted by Gasteiger charge is 2.57. The number of anilines is 1. The van der Waals surface area contributed by atoms with Crippen molar-refractivity contribution in [2.24, 2.45) is 16.3 Å². The van der Waals surface area contributed by atoms with E-state index in [9.17, 15) is 19.5 Å². The van der Waals surface area contributed by atoms with Gasteiger partial charge in [0.1, 0.15) is 0 Å². The average molecular weight is 514 g/mol. The van der Waals surface area contributed by atoms with Gasteiger partial charge in [-0.2, -0.15) is 0 Å². The highest BCUT2D eigenvalue weighted by molar-refractivity contribution is 7.17. The van der Waals surface area contributed by atoms with Gasteiger partial charge in [-0.25, -0.2) is 14.8 Å². The largest absolute Gasteiger partial charge is 0.481 e. The lowest BCUT2D eigenvalue weighted by atomic mass is 9.68. The standard InChI is InChI=1S/C24H31N7O4S/c1-4-26-20(32)16-11-15(12-17-19(16)36-14-28-17)31-10-6-8-29-24(31,30-22(35)27-5-2)18-13-25-9-7-23(18,3)21(33)34/h6,8,10-12,14,18,25H,4-5,7,9,13H2,1-3H3,(H,26,32)(H,33,34)(H2,27,30,35). The minimum atomic E-state index is -1.49. The molecule has 1 fully saturated rings. The molecule has 2 aliphatic heterocycles. The molecule has 1 saturated heterocycles. The van der Waals surface area contributed by atoms with E-state index in [1.54, 1.807) is 48.8 Å². The number of rotatable bonds is 7. The van der Waals surface area contributed by atoms with Gasteiger partial charge in [0.2, 0.25) is 5.79 Å². The Morgan fingerprint density at radius 1 is 1.25 bits per heavy atom. The predicted octanol–water partition coefficient (Wildman–Crippen LogP) is 2.12. The third-order valence-electron chi connectivity index (χ3n) is 6.78. The molecule has 3 heterocycles. The molecule has 5 N–H and O–H groups in total.